The maximum Gasteiger partial charge on any atom is 0.337 e. The number of nitrogens with zero attached hydrogens (tertiary/aromatic N) is 1. The molecule has 1 aromatic rings. The fourth-order valence-electron chi connectivity index (χ4n) is 2.37. The molecule has 0 bridgehead atoms. The van der Waals surface area contributed by atoms with Gasteiger partial charge in [0, 0.05) is 0 Å². The molecule has 0 spiro atoms. The molecule has 0 saturated heterocycles. The lowest BCUT2D eigenvalue weighted by atomic mass is 10.1. The number of hydrogen-bond acceptors (Lipinski definition) is 4. The van der Waals surface area contributed by atoms with Crippen molar-refractivity contribution in [1.82, 2.24) is 0 Å². The van der Waals surface area contributed by atoms with Crippen LogP contribution in [0.25, 0.3) is 0 Å². The number of para-hydroxylation sites is 2. The molecular weight excluding hydrogens is 308 g/mol. The standard InChI is InChI=1S/C14H18N2O5S/c1-2-3-6-9-22(20,21)16-11-8-5-4-7-10(11)15-13(17)12(16)14(18)19/h4-5,7-8,12H,2-3,6,9H2,1H3,(H,15,17)(H,18,19). The molecular formula is C14H18N2O5S. The normalized spacial score (nSPS) is 17.8. The van der Waals surface area contributed by atoms with E-state index < -0.39 is 27.9 Å². The second-order valence-corrected chi connectivity index (χ2v) is 7.03. The fraction of sp³-hybridized carbons (Fsp3) is 0.429. The van der Waals surface area contributed by atoms with Gasteiger partial charge in [-0.05, 0) is 18.6 Å². The molecule has 1 atom stereocenters. The van der Waals surface area contributed by atoms with E-state index in [1.807, 2.05) is 6.92 Å². The molecule has 1 amide bonds. The van der Waals surface area contributed by atoms with Crippen molar-refractivity contribution in [3.05, 3.63) is 24.3 Å². The summed E-state index contributed by atoms with van der Waals surface area (Å²) in [5, 5.41) is 11.7. The highest BCUT2D eigenvalue weighted by molar-refractivity contribution is 7.92. The molecule has 8 heteroatoms. The first-order valence-corrected chi connectivity index (χ1v) is 8.64. The fourth-order valence-corrected chi connectivity index (χ4v) is 4.11. The maximum absolute atomic E-state index is 12.6. The Morgan fingerprint density at radius 2 is 2.00 bits per heavy atom. The third-order valence-corrected chi connectivity index (χ3v) is 5.23. The summed E-state index contributed by atoms with van der Waals surface area (Å²) in [5.74, 6) is -2.54. The molecule has 1 unspecified atom stereocenters. The Balaban J connectivity index is 2.47. The molecule has 0 saturated carbocycles. The molecule has 1 heterocycles. The number of amides is 1. The van der Waals surface area contributed by atoms with Gasteiger partial charge in [0.2, 0.25) is 16.1 Å². The van der Waals surface area contributed by atoms with Crippen LogP contribution >= 0.6 is 0 Å². The summed E-state index contributed by atoms with van der Waals surface area (Å²) in [5.41, 5.74) is 0.482. The molecule has 22 heavy (non-hydrogen) atoms. The van der Waals surface area contributed by atoms with Gasteiger partial charge in [0.05, 0.1) is 17.1 Å². The minimum absolute atomic E-state index is 0.186. The van der Waals surface area contributed by atoms with Crippen molar-refractivity contribution in [1.29, 1.82) is 0 Å². The van der Waals surface area contributed by atoms with Crippen molar-refractivity contribution in [2.75, 3.05) is 15.4 Å². The molecule has 0 aromatic heterocycles. The molecule has 2 rings (SSSR count). The maximum atomic E-state index is 12.6. The van der Waals surface area contributed by atoms with Gasteiger partial charge in [0.15, 0.2) is 0 Å². The van der Waals surface area contributed by atoms with E-state index >= 15 is 0 Å². The van der Waals surface area contributed by atoms with Crippen LogP contribution in [-0.2, 0) is 19.6 Å². The van der Waals surface area contributed by atoms with E-state index in [1.54, 1.807) is 18.2 Å². The van der Waals surface area contributed by atoms with Gasteiger partial charge in [-0.1, -0.05) is 31.9 Å². The molecule has 2 N–H and O–H groups in total. The number of hydrogen-bond donors (Lipinski definition) is 2. The third kappa shape index (κ3) is 3.06. The Hall–Kier alpha value is -2.09. The van der Waals surface area contributed by atoms with E-state index in [0.717, 1.165) is 17.1 Å². The van der Waals surface area contributed by atoms with E-state index in [-0.39, 0.29) is 11.4 Å². The van der Waals surface area contributed by atoms with Gasteiger partial charge in [0.1, 0.15) is 0 Å². The van der Waals surface area contributed by atoms with Gasteiger partial charge in [-0.25, -0.2) is 17.5 Å². The molecule has 1 aliphatic rings. The molecule has 1 aromatic carbocycles. The van der Waals surface area contributed by atoms with E-state index in [1.165, 1.54) is 6.07 Å². The van der Waals surface area contributed by atoms with Crippen LogP contribution in [0.2, 0.25) is 0 Å². The highest BCUT2D eigenvalue weighted by Crippen LogP contribution is 2.34. The number of carbonyl (C=O) groups is 2. The Morgan fingerprint density at radius 1 is 1.32 bits per heavy atom. The summed E-state index contributed by atoms with van der Waals surface area (Å²) in [4.78, 5) is 23.4. The monoisotopic (exact) mass is 326 g/mol. The predicted octanol–water partition coefficient (Wildman–Crippen LogP) is 1.42. The van der Waals surface area contributed by atoms with Crippen LogP contribution in [0.1, 0.15) is 26.2 Å². The summed E-state index contributed by atoms with van der Waals surface area (Å²) in [6.07, 6.45) is 1.99. The molecule has 0 aliphatic carbocycles. The minimum atomic E-state index is -3.90. The summed E-state index contributed by atoms with van der Waals surface area (Å²) < 4.78 is 25.9. The topological polar surface area (TPSA) is 104 Å². The van der Waals surface area contributed by atoms with Gasteiger partial charge in [-0.15, -0.1) is 0 Å². The van der Waals surface area contributed by atoms with E-state index in [4.69, 9.17) is 0 Å². The first-order chi connectivity index (χ1) is 10.4. The van der Waals surface area contributed by atoms with Crippen LogP contribution in [0, 0.1) is 0 Å². The SMILES string of the molecule is CCCCCS(=O)(=O)N1c2ccccc2NC(=O)C1C(=O)O. The summed E-state index contributed by atoms with van der Waals surface area (Å²) in [7, 11) is -3.90. The predicted molar refractivity (Wildman–Crippen MR) is 82.3 cm³/mol. The average Bonchev–Trinajstić information content (AvgIpc) is 2.45. The lowest BCUT2D eigenvalue weighted by molar-refractivity contribution is -0.141. The van der Waals surface area contributed by atoms with E-state index in [2.05, 4.69) is 5.32 Å². The number of aliphatic carboxylic acids is 1. The zero-order chi connectivity index (χ0) is 16.3. The van der Waals surface area contributed by atoms with Crippen LogP contribution in [0.15, 0.2) is 24.3 Å². The number of sulfonamides is 1. The number of fused-ring (bicyclic) bond motifs is 1. The Labute approximate surface area is 129 Å². The number of nitrogens with one attached hydrogen (secondary N) is 1. The minimum Gasteiger partial charge on any atom is -0.479 e. The summed E-state index contributed by atoms with van der Waals surface area (Å²) >= 11 is 0. The van der Waals surface area contributed by atoms with Gasteiger partial charge < -0.3 is 10.4 Å². The molecule has 0 fully saturated rings. The zero-order valence-electron chi connectivity index (χ0n) is 12.2. The van der Waals surface area contributed by atoms with Crippen LogP contribution in [-0.4, -0.2) is 37.2 Å². The number of rotatable bonds is 6. The van der Waals surface area contributed by atoms with Crippen molar-refractivity contribution in [2.24, 2.45) is 0 Å². The van der Waals surface area contributed by atoms with Crippen molar-refractivity contribution in [3.63, 3.8) is 0 Å². The number of benzene rings is 1. The second-order valence-electron chi connectivity index (χ2n) is 5.07. The highest BCUT2D eigenvalue weighted by atomic mass is 32.2. The summed E-state index contributed by atoms with van der Waals surface area (Å²) in [6, 6.07) is 4.50. The van der Waals surface area contributed by atoms with Gasteiger partial charge in [-0.2, -0.15) is 0 Å². The largest absolute Gasteiger partial charge is 0.479 e. The Morgan fingerprint density at radius 3 is 2.64 bits per heavy atom. The Kier molecular flexibility index (Phi) is 4.70. The average molecular weight is 326 g/mol. The quantitative estimate of drug-likeness (QED) is 0.608. The lowest BCUT2D eigenvalue weighted by Gasteiger charge is -2.34. The van der Waals surface area contributed by atoms with Crippen molar-refractivity contribution in [3.8, 4) is 0 Å². The van der Waals surface area contributed by atoms with Crippen molar-refractivity contribution < 1.29 is 23.1 Å². The number of carboxylic acid groups (broad SMARTS) is 1. The third-order valence-electron chi connectivity index (χ3n) is 3.42. The molecule has 1 aliphatic heterocycles. The lowest BCUT2D eigenvalue weighted by Crippen LogP contribution is -2.55. The van der Waals surface area contributed by atoms with Crippen LogP contribution in [0.5, 0.6) is 0 Å². The number of carbonyl (C=O) groups excluding carboxylic acids is 1. The smallest absolute Gasteiger partial charge is 0.337 e. The van der Waals surface area contributed by atoms with Gasteiger partial charge in [0.25, 0.3) is 5.91 Å². The number of anilines is 2. The van der Waals surface area contributed by atoms with Crippen LogP contribution in [0.4, 0.5) is 11.4 Å². The number of unbranched alkanes of at least 4 members (excludes halogenated alkanes) is 2. The van der Waals surface area contributed by atoms with Crippen molar-refractivity contribution in [2.45, 2.75) is 32.2 Å². The first kappa shape index (κ1) is 16.3. The molecule has 7 nitrogen and oxygen atoms in total. The second kappa shape index (κ2) is 6.35. The van der Waals surface area contributed by atoms with E-state index in [9.17, 15) is 23.1 Å². The molecule has 0 radical (unpaired) electrons. The van der Waals surface area contributed by atoms with E-state index in [0.29, 0.717) is 12.1 Å². The number of carboxylic acids is 1. The highest BCUT2D eigenvalue weighted by Gasteiger charge is 2.44. The van der Waals surface area contributed by atoms with Crippen LogP contribution < -0.4 is 9.62 Å². The first-order valence-electron chi connectivity index (χ1n) is 7.03. The Bertz CT molecular complexity index is 686. The van der Waals surface area contributed by atoms with Gasteiger partial charge >= 0.3 is 5.97 Å². The van der Waals surface area contributed by atoms with Crippen molar-refractivity contribution >= 4 is 33.3 Å². The van der Waals surface area contributed by atoms with Gasteiger partial charge in [-0.3, -0.25) is 4.79 Å². The van der Waals surface area contributed by atoms with Crippen LogP contribution in [0.3, 0.4) is 0 Å². The summed E-state index contributed by atoms with van der Waals surface area (Å²) in [6.45, 7) is 1.94. The zero-order valence-corrected chi connectivity index (χ0v) is 13.0. The molecule has 120 valence electrons.